The first-order chi connectivity index (χ1) is 15.1. The van der Waals surface area contributed by atoms with E-state index in [-0.39, 0.29) is 17.5 Å². The third-order valence-electron chi connectivity index (χ3n) is 5.17. The quantitative estimate of drug-likeness (QED) is 0.480. The second-order valence-electron chi connectivity index (χ2n) is 7.19. The van der Waals surface area contributed by atoms with Crippen LogP contribution in [0.3, 0.4) is 0 Å². The van der Waals surface area contributed by atoms with Crippen molar-refractivity contribution in [3.05, 3.63) is 71.1 Å². The molecule has 1 amide bonds. The molecule has 2 aromatic carbocycles. The van der Waals surface area contributed by atoms with Gasteiger partial charge in [-0.05, 0) is 24.6 Å². The van der Waals surface area contributed by atoms with Gasteiger partial charge in [0.25, 0.3) is 11.8 Å². The second kappa shape index (κ2) is 7.92. The molecular formula is C21H16ClFN6O2. The molecular weight excluding hydrogens is 423 g/mol. The highest BCUT2D eigenvalue weighted by molar-refractivity contribution is 6.31. The summed E-state index contributed by atoms with van der Waals surface area (Å²) in [6.45, 7) is 0.857. The molecule has 0 N–H and O–H groups in total. The van der Waals surface area contributed by atoms with E-state index in [0.717, 1.165) is 5.56 Å². The zero-order valence-electron chi connectivity index (χ0n) is 16.2. The largest absolute Gasteiger partial charge is 0.336 e. The van der Waals surface area contributed by atoms with Crippen LogP contribution in [0.1, 0.15) is 22.8 Å². The fraction of sp³-hybridized carbons (Fsp3) is 0.190. The molecule has 0 saturated carbocycles. The molecule has 0 spiro atoms. The molecule has 1 saturated heterocycles. The number of carbonyl (C=O) groups is 1. The predicted molar refractivity (Wildman–Crippen MR) is 110 cm³/mol. The number of amides is 1. The highest BCUT2D eigenvalue weighted by Gasteiger charge is 2.30. The first-order valence-corrected chi connectivity index (χ1v) is 10.0. The minimum atomic E-state index is -0.591. The summed E-state index contributed by atoms with van der Waals surface area (Å²) in [7, 11) is 0. The molecule has 8 nitrogen and oxygen atoms in total. The average molecular weight is 439 g/mol. The number of carbonyl (C=O) groups excluding carboxylic acids is 1. The van der Waals surface area contributed by atoms with Gasteiger partial charge in [0.15, 0.2) is 5.69 Å². The zero-order chi connectivity index (χ0) is 21.4. The standard InChI is InChI=1S/C21H16ClFN6O2/c22-14-6-7-17(23)16(10-14)21(30)28-9-8-15(11-28)29-12-18(25-27-29)20-24-19(26-31-20)13-4-2-1-3-5-13/h1-7,10,12,15H,8-9,11H2/t15-/m1/s1. The molecule has 0 unspecified atom stereocenters. The maximum Gasteiger partial charge on any atom is 0.280 e. The monoisotopic (exact) mass is 438 g/mol. The summed E-state index contributed by atoms with van der Waals surface area (Å²) in [5.41, 5.74) is 1.25. The van der Waals surface area contributed by atoms with Gasteiger partial charge < -0.3 is 9.42 Å². The van der Waals surface area contributed by atoms with Crippen LogP contribution in [-0.4, -0.2) is 49.0 Å². The number of hydrogen-bond donors (Lipinski definition) is 0. The number of halogens is 2. The Labute approximate surface area is 181 Å². The van der Waals surface area contributed by atoms with Crippen LogP contribution >= 0.6 is 11.6 Å². The van der Waals surface area contributed by atoms with E-state index in [2.05, 4.69) is 20.5 Å². The molecule has 1 atom stereocenters. The van der Waals surface area contributed by atoms with Crippen molar-refractivity contribution in [3.63, 3.8) is 0 Å². The van der Waals surface area contributed by atoms with Crippen molar-refractivity contribution in [1.82, 2.24) is 30.0 Å². The van der Waals surface area contributed by atoms with Gasteiger partial charge in [-0.2, -0.15) is 4.98 Å². The van der Waals surface area contributed by atoms with Gasteiger partial charge in [0.05, 0.1) is 17.8 Å². The average Bonchev–Trinajstić information content (AvgIpc) is 3.55. The molecule has 3 heterocycles. The predicted octanol–water partition coefficient (Wildman–Crippen LogP) is 3.87. The molecule has 4 aromatic rings. The highest BCUT2D eigenvalue weighted by atomic mass is 35.5. The van der Waals surface area contributed by atoms with Gasteiger partial charge in [0.2, 0.25) is 5.82 Å². The van der Waals surface area contributed by atoms with Crippen molar-refractivity contribution < 1.29 is 13.7 Å². The zero-order valence-corrected chi connectivity index (χ0v) is 16.9. The van der Waals surface area contributed by atoms with Gasteiger partial charge in [-0.15, -0.1) is 5.10 Å². The molecule has 2 aromatic heterocycles. The Morgan fingerprint density at radius 3 is 2.87 bits per heavy atom. The van der Waals surface area contributed by atoms with Crippen molar-refractivity contribution in [1.29, 1.82) is 0 Å². The van der Waals surface area contributed by atoms with Crippen LogP contribution in [0.4, 0.5) is 4.39 Å². The van der Waals surface area contributed by atoms with Crippen molar-refractivity contribution in [2.75, 3.05) is 13.1 Å². The Balaban J connectivity index is 1.30. The van der Waals surface area contributed by atoms with Crippen LogP contribution in [0.15, 0.2) is 59.3 Å². The van der Waals surface area contributed by atoms with Crippen molar-refractivity contribution in [2.24, 2.45) is 0 Å². The molecule has 1 fully saturated rings. The number of aromatic nitrogens is 5. The van der Waals surface area contributed by atoms with Crippen molar-refractivity contribution in [3.8, 4) is 23.0 Å². The number of rotatable bonds is 4. The molecule has 1 aliphatic rings. The van der Waals surface area contributed by atoms with E-state index in [1.165, 1.54) is 18.2 Å². The third-order valence-corrected chi connectivity index (χ3v) is 5.41. The van der Waals surface area contributed by atoms with Crippen molar-refractivity contribution in [2.45, 2.75) is 12.5 Å². The first-order valence-electron chi connectivity index (χ1n) is 9.64. The van der Waals surface area contributed by atoms with E-state index < -0.39 is 11.7 Å². The van der Waals surface area contributed by atoms with E-state index in [0.29, 0.717) is 36.1 Å². The fourth-order valence-corrected chi connectivity index (χ4v) is 3.73. The van der Waals surface area contributed by atoms with Crippen molar-refractivity contribution >= 4 is 17.5 Å². The molecule has 1 aliphatic heterocycles. The summed E-state index contributed by atoms with van der Waals surface area (Å²) in [5.74, 6) is -0.262. The SMILES string of the molecule is O=C(c1cc(Cl)ccc1F)N1CC[C@@H](n2cc(-c3nc(-c4ccccc4)no3)nn2)C1. The molecule has 31 heavy (non-hydrogen) atoms. The lowest BCUT2D eigenvalue weighted by Crippen LogP contribution is -2.30. The summed E-state index contributed by atoms with van der Waals surface area (Å²) < 4.78 is 21.0. The Hall–Kier alpha value is -3.59. The van der Waals surface area contributed by atoms with Gasteiger partial charge in [0.1, 0.15) is 5.82 Å². The number of nitrogens with zero attached hydrogens (tertiary/aromatic N) is 6. The van der Waals surface area contributed by atoms with Crippen LogP contribution in [0, 0.1) is 5.82 Å². The van der Waals surface area contributed by atoms with E-state index in [1.807, 2.05) is 30.3 Å². The van der Waals surface area contributed by atoms with Gasteiger partial charge in [-0.3, -0.25) is 4.79 Å². The summed E-state index contributed by atoms with van der Waals surface area (Å²) >= 11 is 5.91. The van der Waals surface area contributed by atoms with Crippen LogP contribution in [0.5, 0.6) is 0 Å². The Kier molecular flexibility index (Phi) is 4.95. The molecule has 0 bridgehead atoms. The minimum Gasteiger partial charge on any atom is -0.336 e. The second-order valence-corrected chi connectivity index (χ2v) is 7.63. The molecule has 10 heteroatoms. The van der Waals surface area contributed by atoms with Gasteiger partial charge in [0, 0.05) is 23.7 Å². The van der Waals surface area contributed by atoms with Crippen LogP contribution in [0.25, 0.3) is 23.0 Å². The minimum absolute atomic E-state index is 0.0354. The maximum absolute atomic E-state index is 14.1. The van der Waals surface area contributed by atoms with E-state index in [4.69, 9.17) is 16.1 Å². The first kappa shape index (κ1) is 19.4. The Bertz CT molecular complexity index is 1240. The summed E-state index contributed by atoms with van der Waals surface area (Å²) in [5, 5.41) is 12.6. The lowest BCUT2D eigenvalue weighted by atomic mass is 10.2. The number of benzene rings is 2. The third kappa shape index (κ3) is 3.79. The van der Waals surface area contributed by atoms with Gasteiger partial charge >= 0.3 is 0 Å². The Morgan fingerprint density at radius 1 is 1.19 bits per heavy atom. The van der Waals surface area contributed by atoms with E-state index >= 15 is 0 Å². The lowest BCUT2D eigenvalue weighted by molar-refractivity contribution is 0.0782. The highest BCUT2D eigenvalue weighted by Crippen LogP contribution is 2.26. The smallest absolute Gasteiger partial charge is 0.280 e. The van der Waals surface area contributed by atoms with E-state index in [1.54, 1.807) is 15.8 Å². The van der Waals surface area contributed by atoms with Gasteiger partial charge in [-0.25, -0.2) is 9.07 Å². The molecule has 0 aliphatic carbocycles. The van der Waals surface area contributed by atoms with Gasteiger partial charge in [-0.1, -0.05) is 52.3 Å². The molecule has 0 radical (unpaired) electrons. The van der Waals surface area contributed by atoms with Crippen LogP contribution in [0.2, 0.25) is 5.02 Å². The van der Waals surface area contributed by atoms with Crippen LogP contribution < -0.4 is 0 Å². The number of hydrogen-bond acceptors (Lipinski definition) is 6. The van der Waals surface area contributed by atoms with E-state index in [9.17, 15) is 9.18 Å². The Morgan fingerprint density at radius 2 is 2.03 bits per heavy atom. The maximum atomic E-state index is 14.1. The molecule has 5 rings (SSSR count). The summed E-state index contributed by atoms with van der Waals surface area (Å²) in [6, 6.07) is 13.3. The number of likely N-dealkylation sites (tertiary alicyclic amines) is 1. The summed E-state index contributed by atoms with van der Waals surface area (Å²) in [4.78, 5) is 18.7. The lowest BCUT2D eigenvalue weighted by Gasteiger charge is -2.17. The topological polar surface area (TPSA) is 89.9 Å². The normalized spacial score (nSPS) is 16.1. The molecule has 156 valence electrons. The fourth-order valence-electron chi connectivity index (χ4n) is 3.56. The summed E-state index contributed by atoms with van der Waals surface area (Å²) in [6.07, 6.45) is 2.37. The van der Waals surface area contributed by atoms with Crippen LogP contribution in [-0.2, 0) is 0 Å².